The zero-order valence-electron chi connectivity index (χ0n) is 24.7. The molecule has 216 valence electrons. The lowest BCUT2D eigenvalue weighted by atomic mass is 10.0. The molecule has 2 aromatic carbocycles. The van der Waals surface area contributed by atoms with Crippen molar-refractivity contribution in [3.05, 3.63) is 100 Å². The molecule has 4 aromatic rings. The lowest BCUT2D eigenvalue weighted by molar-refractivity contribution is -0.122. The van der Waals surface area contributed by atoms with Gasteiger partial charge in [0.1, 0.15) is 23.6 Å². The summed E-state index contributed by atoms with van der Waals surface area (Å²) in [5, 5.41) is 6.18. The third kappa shape index (κ3) is 6.80. The number of benzene rings is 2. The van der Waals surface area contributed by atoms with E-state index in [1.165, 1.54) is 24.2 Å². The van der Waals surface area contributed by atoms with Crippen LogP contribution in [-0.4, -0.2) is 48.3 Å². The van der Waals surface area contributed by atoms with E-state index in [0.29, 0.717) is 17.9 Å². The van der Waals surface area contributed by atoms with Crippen LogP contribution in [0.2, 0.25) is 0 Å². The first-order valence-electron chi connectivity index (χ1n) is 13.6. The average Bonchev–Trinajstić information content (AvgIpc) is 2.98. The van der Waals surface area contributed by atoms with E-state index >= 15 is 0 Å². The zero-order chi connectivity index (χ0) is 30.4. The second-order valence-corrected chi connectivity index (χ2v) is 10.1. The van der Waals surface area contributed by atoms with Gasteiger partial charge in [0, 0.05) is 43.1 Å². The highest BCUT2D eigenvalue weighted by atomic mass is 16.5. The van der Waals surface area contributed by atoms with Crippen LogP contribution in [0.5, 0.6) is 5.75 Å². The topological polar surface area (TPSA) is 114 Å². The minimum absolute atomic E-state index is 0.174. The summed E-state index contributed by atoms with van der Waals surface area (Å²) in [6.07, 6.45) is 4.38. The number of ether oxygens (including phenoxy) is 1. The van der Waals surface area contributed by atoms with Crippen LogP contribution in [0.1, 0.15) is 44.0 Å². The Morgan fingerprint density at radius 1 is 1.00 bits per heavy atom. The van der Waals surface area contributed by atoms with Gasteiger partial charge in [-0.3, -0.25) is 19.4 Å². The maximum Gasteiger partial charge on any atom is 0.269 e. The molecule has 0 radical (unpaired) electrons. The maximum absolute atomic E-state index is 13.0. The molecule has 2 heterocycles. The van der Waals surface area contributed by atoms with Crippen molar-refractivity contribution in [3.63, 3.8) is 0 Å². The highest BCUT2D eigenvalue weighted by Crippen LogP contribution is 2.30. The first kappa shape index (κ1) is 29.9. The molecule has 2 N–H and O–H groups in total. The van der Waals surface area contributed by atoms with Crippen molar-refractivity contribution >= 4 is 40.4 Å². The Morgan fingerprint density at radius 2 is 1.79 bits per heavy atom. The predicted octanol–water partition coefficient (Wildman–Crippen LogP) is 4.59. The Hall–Kier alpha value is -5.05. The number of rotatable bonds is 9. The maximum atomic E-state index is 13.0. The summed E-state index contributed by atoms with van der Waals surface area (Å²) >= 11 is 0. The summed E-state index contributed by atoms with van der Waals surface area (Å²) in [6.45, 7) is 8.16. The number of pyridine rings is 2. The molecule has 3 amide bonds. The third-order valence-electron chi connectivity index (χ3n) is 7.14. The van der Waals surface area contributed by atoms with Gasteiger partial charge >= 0.3 is 0 Å². The number of hydrogen-bond acceptors (Lipinski definition) is 6. The van der Waals surface area contributed by atoms with Gasteiger partial charge in [-0.05, 0) is 85.9 Å². The van der Waals surface area contributed by atoms with Crippen molar-refractivity contribution in [2.45, 2.75) is 34.3 Å². The van der Waals surface area contributed by atoms with Gasteiger partial charge < -0.3 is 20.3 Å². The van der Waals surface area contributed by atoms with E-state index in [0.717, 1.165) is 44.5 Å². The van der Waals surface area contributed by atoms with Crippen molar-refractivity contribution < 1.29 is 19.1 Å². The van der Waals surface area contributed by atoms with E-state index in [9.17, 15) is 14.4 Å². The summed E-state index contributed by atoms with van der Waals surface area (Å²) < 4.78 is 6.28. The molecule has 2 aromatic heterocycles. The van der Waals surface area contributed by atoms with Gasteiger partial charge in [0.15, 0.2) is 0 Å². The molecule has 0 fully saturated rings. The number of fused-ring (bicyclic) bond motifs is 1. The molecule has 0 aliphatic rings. The Balaban J connectivity index is 1.40. The molecule has 0 spiro atoms. The second-order valence-electron chi connectivity index (χ2n) is 10.1. The number of carbonyl (C=O) groups is 3. The highest BCUT2D eigenvalue weighted by molar-refractivity contribution is 5.99. The summed E-state index contributed by atoms with van der Waals surface area (Å²) in [5.41, 5.74) is 7.53. The molecule has 0 saturated heterocycles. The number of hydrogen-bond donors (Lipinski definition) is 2. The summed E-state index contributed by atoms with van der Waals surface area (Å²) in [7, 11) is 3.22. The smallest absolute Gasteiger partial charge is 0.269 e. The first-order valence-corrected chi connectivity index (χ1v) is 13.6. The third-order valence-corrected chi connectivity index (χ3v) is 7.14. The molecule has 42 heavy (non-hydrogen) atoms. The van der Waals surface area contributed by atoms with Crippen molar-refractivity contribution in [2.75, 3.05) is 25.5 Å². The molecule has 4 rings (SSSR count). The number of amides is 3. The van der Waals surface area contributed by atoms with Crippen LogP contribution in [0.15, 0.2) is 60.8 Å². The van der Waals surface area contributed by atoms with E-state index < -0.39 is 5.91 Å². The molecule has 9 heteroatoms. The summed E-state index contributed by atoms with van der Waals surface area (Å²) in [4.78, 5) is 47.3. The van der Waals surface area contributed by atoms with Gasteiger partial charge in [0.25, 0.3) is 5.91 Å². The van der Waals surface area contributed by atoms with Crippen LogP contribution < -0.4 is 20.3 Å². The first-order chi connectivity index (χ1) is 20.1. The highest BCUT2D eigenvalue weighted by Gasteiger charge is 2.17. The number of anilines is 1. The van der Waals surface area contributed by atoms with Crippen LogP contribution in [0.3, 0.4) is 0 Å². The fourth-order valence-corrected chi connectivity index (χ4v) is 4.70. The van der Waals surface area contributed by atoms with Crippen LogP contribution in [0.4, 0.5) is 5.69 Å². The normalized spacial score (nSPS) is 11.0. The van der Waals surface area contributed by atoms with Crippen molar-refractivity contribution in [2.24, 2.45) is 0 Å². The predicted molar refractivity (Wildman–Crippen MR) is 165 cm³/mol. The number of nitrogens with one attached hydrogen (secondary N) is 2. The van der Waals surface area contributed by atoms with E-state index in [1.807, 2.05) is 51.1 Å². The van der Waals surface area contributed by atoms with Crippen LogP contribution in [0, 0.1) is 27.7 Å². The van der Waals surface area contributed by atoms with Gasteiger partial charge in [0.2, 0.25) is 11.8 Å². The lowest BCUT2D eigenvalue weighted by Crippen LogP contribution is -2.38. The number of aromatic nitrogens is 2. The van der Waals surface area contributed by atoms with Crippen LogP contribution in [-0.2, 0) is 16.2 Å². The Kier molecular flexibility index (Phi) is 9.32. The summed E-state index contributed by atoms with van der Waals surface area (Å²) in [6, 6.07) is 15.1. The van der Waals surface area contributed by atoms with Crippen LogP contribution >= 0.6 is 0 Å². The summed E-state index contributed by atoms with van der Waals surface area (Å²) in [5.74, 6) is -0.268. The molecule has 0 atom stereocenters. The van der Waals surface area contributed by atoms with Gasteiger partial charge in [-0.2, -0.15) is 0 Å². The minimum atomic E-state index is -0.420. The van der Waals surface area contributed by atoms with Crippen molar-refractivity contribution in [1.29, 1.82) is 0 Å². The second kappa shape index (κ2) is 13.1. The zero-order valence-corrected chi connectivity index (χ0v) is 24.7. The number of carbonyl (C=O) groups excluding carboxylic acids is 3. The van der Waals surface area contributed by atoms with E-state index in [4.69, 9.17) is 9.72 Å². The van der Waals surface area contributed by atoms with Gasteiger partial charge in [0.05, 0.1) is 6.54 Å². The van der Waals surface area contributed by atoms with Crippen molar-refractivity contribution in [3.8, 4) is 5.75 Å². The monoisotopic (exact) mass is 565 g/mol. The van der Waals surface area contributed by atoms with Gasteiger partial charge in [-0.25, -0.2) is 4.98 Å². The quantitative estimate of drug-likeness (QED) is 0.287. The molecule has 0 saturated carbocycles. The fraction of sp³-hybridized carbons (Fsp3) is 0.242. The molecular weight excluding hydrogens is 530 g/mol. The Morgan fingerprint density at radius 3 is 2.50 bits per heavy atom. The molecule has 9 nitrogen and oxygen atoms in total. The average molecular weight is 566 g/mol. The minimum Gasteiger partial charge on any atom is -0.487 e. The lowest BCUT2D eigenvalue weighted by Gasteiger charge is -2.23. The van der Waals surface area contributed by atoms with E-state index in [2.05, 4.69) is 28.6 Å². The Labute approximate surface area is 245 Å². The number of para-hydroxylation sites is 1. The molecule has 0 aliphatic heterocycles. The molecular formula is C33H35N5O4. The van der Waals surface area contributed by atoms with E-state index in [1.54, 1.807) is 25.3 Å². The number of aryl methyl sites for hydroxylation is 3. The van der Waals surface area contributed by atoms with Gasteiger partial charge in [-0.1, -0.05) is 24.3 Å². The molecule has 0 bridgehead atoms. The molecule has 0 unspecified atom stereocenters. The molecule has 0 aliphatic carbocycles. The van der Waals surface area contributed by atoms with Crippen LogP contribution in [0.25, 0.3) is 17.0 Å². The fourth-order valence-electron chi connectivity index (χ4n) is 4.70. The van der Waals surface area contributed by atoms with E-state index in [-0.39, 0.29) is 24.1 Å². The van der Waals surface area contributed by atoms with Crippen molar-refractivity contribution in [1.82, 2.24) is 20.6 Å². The largest absolute Gasteiger partial charge is 0.487 e. The Bertz CT molecular complexity index is 1680. The van der Waals surface area contributed by atoms with Gasteiger partial charge in [-0.15, -0.1) is 0 Å². The number of nitrogens with zero attached hydrogens (tertiary/aromatic N) is 3. The standard InChI is InChI=1S/C33H35N5O4/c1-20-10-14-28(23(4)26(20)19-42-29-9-7-8-25-21(2)16-22(3)37-32(25)29)38(6)31(40)18-36-30(39)15-12-24-11-13-27(35-17-24)33(41)34-5/h7-17H,18-19H2,1-6H3,(H,34,41)(H,36,39)/b15-12+. The number of likely N-dealkylation sites (N-methyl/N-ethyl adjacent to an activating group) is 1. The SMILES string of the molecule is CNC(=O)c1ccc(/C=C/C(=O)NCC(=O)N(C)c2ccc(C)c(COc3cccc4c(C)cc(C)nc34)c2C)cn1.